The fourth-order valence-electron chi connectivity index (χ4n) is 6.97. The van der Waals surface area contributed by atoms with Crippen molar-refractivity contribution < 1.29 is 0 Å². The molecule has 0 aliphatic carbocycles. The second kappa shape index (κ2) is 9.03. The van der Waals surface area contributed by atoms with Gasteiger partial charge in [0.25, 0.3) is 0 Å². The van der Waals surface area contributed by atoms with E-state index in [1.807, 2.05) is 0 Å². The topological polar surface area (TPSA) is 0 Å². The third-order valence-corrected chi connectivity index (χ3v) is 9.00. The van der Waals surface area contributed by atoms with Crippen molar-refractivity contribution in [3.63, 3.8) is 0 Å². The number of hydrogen-bond acceptors (Lipinski definition) is 0. The van der Waals surface area contributed by atoms with Crippen molar-refractivity contribution in [3.8, 4) is 22.3 Å². The van der Waals surface area contributed by atoms with E-state index in [2.05, 4.69) is 158 Å². The minimum absolute atomic E-state index is 1.25. The second-order valence-electron chi connectivity index (χ2n) is 11.3. The van der Waals surface area contributed by atoms with Crippen molar-refractivity contribution in [1.82, 2.24) is 0 Å². The van der Waals surface area contributed by atoms with Gasteiger partial charge in [-0.1, -0.05) is 133 Å². The number of rotatable bonds is 2. The molecule has 9 aromatic carbocycles. The van der Waals surface area contributed by atoms with E-state index in [-0.39, 0.29) is 0 Å². The minimum atomic E-state index is 1.25. The zero-order valence-electron chi connectivity index (χ0n) is 23.0. The number of hydrogen-bond donors (Lipinski definition) is 0. The van der Waals surface area contributed by atoms with Gasteiger partial charge in [-0.15, -0.1) is 0 Å². The molecule has 194 valence electrons. The predicted molar refractivity (Wildman–Crippen MR) is 182 cm³/mol. The first-order chi connectivity index (χ1) is 20.8. The van der Waals surface area contributed by atoms with Gasteiger partial charge in [-0.3, -0.25) is 0 Å². The molecule has 0 aliphatic rings. The molecule has 0 unspecified atom stereocenters. The molecule has 9 rings (SSSR count). The summed E-state index contributed by atoms with van der Waals surface area (Å²) in [5, 5.41) is 15.5. The smallest absolute Gasteiger partial charge is 0.00928 e. The molecular formula is C42H26. The van der Waals surface area contributed by atoms with E-state index in [9.17, 15) is 0 Å². The van der Waals surface area contributed by atoms with E-state index in [1.54, 1.807) is 0 Å². The summed E-state index contributed by atoms with van der Waals surface area (Å²) in [6, 6.07) is 58.2. The molecule has 0 heteroatoms. The molecule has 0 aromatic heterocycles. The highest BCUT2D eigenvalue weighted by Gasteiger charge is 2.13. The predicted octanol–water partition coefficient (Wildman–Crippen LogP) is 11.9. The fourth-order valence-corrected chi connectivity index (χ4v) is 6.97. The van der Waals surface area contributed by atoms with Gasteiger partial charge in [0.2, 0.25) is 0 Å². The molecule has 0 amide bonds. The molecule has 0 N–H and O–H groups in total. The lowest BCUT2D eigenvalue weighted by Gasteiger charge is -2.15. The Hall–Kier alpha value is -5.46. The molecule has 0 bridgehead atoms. The van der Waals surface area contributed by atoms with E-state index in [0.717, 1.165) is 0 Å². The van der Waals surface area contributed by atoms with Crippen LogP contribution in [0, 0.1) is 0 Å². The maximum atomic E-state index is 2.41. The van der Waals surface area contributed by atoms with Crippen LogP contribution >= 0.6 is 0 Å². The van der Waals surface area contributed by atoms with Gasteiger partial charge in [0.05, 0.1) is 0 Å². The zero-order chi connectivity index (χ0) is 27.6. The van der Waals surface area contributed by atoms with Gasteiger partial charge in [0.1, 0.15) is 0 Å². The van der Waals surface area contributed by atoms with Crippen LogP contribution in [-0.2, 0) is 0 Å². The summed E-state index contributed by atoms with van der Waals surface area (Å²) in [5.74, 6) is 0. The van der Waals surface area contributed by atoms with Gasteiger partial charge in [0.15, 0.2) is 0 Å². The molecule has 0 atom stereocenters. The van der Waals surface area contributed by atoms with E-state index >= 15 is 0 Å². The van der Waals surface area contributed by atoms with E-state index < -0.39 is 0 Å². The van der Waals surface area contributed by atoms with Crippen LogP contribution in [0.1, 0.15) is 0 Å². The third kappa shape index (κ3) is 3.49. The zero-order valence-corrected chi connectivity index (χ0v) is 23.0. The normalized spacial score (nSPS) is 11.8. The van der Waals surface area contributed by atoms with Crippen LogP contribution in [0.4, 0.5) is 0 Å². The Morgan fingerprint density at radius 2 is 0.667 bits per heavy atom. The van der Waals surface area contributed by atoms with Crippen LogP contribution in [0.15, 0.2) is 158 Å². The monoisotopic (exact) mass is 530 g/mol. The molecule has 0 heterocycles. The van der Waals surface area contributed by atoms with Crippen LogP contribution < -0.4 is 0 Å². The SMILES string of the molecule is c1ccc2cc(-c3ccc4c5ccc(-c6cc7ccccc7c7ccccc67)cc5c5ccccc5c4c3)ccc2c1. The highest BCUT2D eigenvalue weighted by Crippen LogP contribution is 2.41. The summed E-state index contributed by atoms with van der Waals surface area (Å²) < 4.78 is 0. The highest BCUT2D eigenvalue weighted by molar-refractivity contribution is 6.26. The summed E-state index contributed by atoms with van der Waals surface area (Å²) in [6.07, 6.45) is 0. The largest absolute Gasteiger partial charge is 0.0616 e. The van der Waals surface area contributed by atoms with Crippen LogP contribution in [0.3, 0.4) is 0 Å². The van der Waals surface area contributed by atoms with Crippen LogP contribution in [0.2, 0.25) is 0 Å². The van der Waals surface area contributed by atoms with Gasteiger partial charge in [-0.05, 0) is 111 Å². The molecule has 42 heavy (non-hydrogen) atoms. The average molecular weight is 531 g/mol. The molecular weight excluding hydrogens is 504 g/mol. The molecule has 9 aromatic rings. The Kier molecular flexibility index (Phi) is 5.00. The van der Waals surface area contributed by atoms with Gasteiger partial charge in [-0.2, -0.15) is 0 Å². The van der Waals surface area contributed by atoms with E-state index in [4.69, 9.17) is 0 Å². The summed E-state index contributed by atoms with van der Waals surface area (Å²) in [5.41, 5.74) is 5.03. The van der Waals surface area contributed by atoms with Crippen molar-refractivity contribution in [2.45, 2.75) is 0 Å². The lowest BCUT2D eigenvalue weighted by atomic mass is 9.88. The Balaban J connectivity index is 1.30. The van der Waals surface area contributed by atoms with Gasteiger partial charge >= 0.3 is 0 Å². The lowest BCUT2D eigenvalue weighted by Crippen LogP contribution is -1.88. The molecule has 0 saturated carbocycles. The van der Waals surface area contributed by atoms with Gasteiger partial charge in [-0.25, -0.2) is 0 Å². The second-order valence-corrected chi connectivity index (χ2v) is 11.3. The first kappa shape index (κ1) is 23.3. The Morgan fingerprint density at radius 1 is 0.214 bits per heavy atom. The van der Waals surface area contributed by atoms with Crippen LogP contribution in [0.5, 0.6) is 0 Å². The maximum absolute atomic E-state index is 2.41. The molecule has 0 radical (unpaired) electrons. The molecule has 0 spiro atoms. The quantitative estimate of drug-likeness (QED) is 0.195. The summed E-state index contributed by atoms with van der Waals surface area (Å²) in [6.45, 7) is 0. The van der Waals surface area contributed by atoms with Crippen molar-refractivity contribution >= 4 is 64.6 Å². The minimum Gasteiger partial charge on any atom is -0.0616 e. The van der Waals surface area contributed by atoms with E-state index in [1.165, 1.54) is 86.9 Å². The van der Waals surface area contributed by atoms with Crippen molar-refractivity contribution in [3.05, 3.63) is 158 Å². The van der Waals surface area contributed by atoms with Gasteiger partial charge < -0.3 is 0 Å². The number of fused-ring (bicyclic) bond motifs is 10. The standard InChI is InChI=1S/C42H26/c1-2-10-28-23-29(18-17-27(28)9-1)30-19-21-38-39-22-20-32(26-42(39)37-16-8-7-15-36(37)41(38)24-30)40-25-31-11-3-4-12-33(31)34-13-5-6-14-35(34)40/h1-26H. The lowest BCUT2D eigenvalue weighted by molar-refractivity contribution is 1.68. The van der Waals surface area contributed by atoms with Crippen molar-refractivity contribution in [1.29, 1.82) is 0 Å². The summed E-state index contributed by atoms with van der Waals surface area (Å²) in [7, 11) is 0. The molecule has 0 nitrogen and oxygen atoms in total. The molecule has 0 saturated heterocycles. The Bertz CT molecular complexity index is 2490. The van der Waals surface area contributed by atoms with Crippen LogP contribution in [-0.4, -0.2) is 0 Å². The average Bonchev–Trinajstić information content (AvgIpc) is 3.07. The highest BCUT2D eigenvalue weighted by atomic mass is 14.2. The van der Waals surface area contributed by atoms with Crippen molar-refractivity contribution in [2.24, 2.45) is 0 Å². The van der Waals surface area contributed by atoms with Crippen LogP contribution in [0.25, 0.3) is 86.9 Å². The summed E-state index contributed by atoms with van der Waals surface area (Å²) in [4.78, 5) is 0. The molecule has 0 fully saturated rings. The number of benzene rings is 9. The van der Waals surface area contributed by atoms with Gasteiger partial charge in [0, 0.05) is 0 Å². The summed E-state index contributed by atoms with van der Waals surface area (Å²) >= 11 is 0. The fraction of sp³-hybridized carbons (Fsp3) is 0. The Morgan fingerprint density at radius 3 is 1.38 bits per heavy atom. The maximum Gasteiger partial charge on any atom is -0.00928 e. The Labute approximate surface area is 244 Å². The van der Waals surface area contributed by atoms with E-state index in [0.29, 0.717) is 0 Å². The first-order valence-corrected chi connectivity index (χ1v) is 14.6. The molecule has 0 aliphatic heterocycles. The third-order valence-electron chi connectivity index (χ3n) is 9.00. The first-order valence-electron chi connectivity index (χ1n) is 14.6. The van der Waals surface area contributed by atoms with Crippen molar-refractivity contribution in [2.75, 3.05) is 0 Å².